The van der Waals surface area contributed by atoms with Crippen molar-refractivity contribution >= 4 is 21.7 Å². The van der Waals surface area contributed by atoms with Gasteiger partial charge in [0.1, 0.15) is 10.6 Å². The van der Waals surface area contributed by atoms with Crippen LogP contribution in [0.5, 0.6) is 5.75 Å². The van der Waals surface area contributed by atoms with E-state index in [4.69, 9.17) is 4.74 Å². The molecular weight excluding hydrogens is 412 g/mol. The number of nitrogens with one attached hydrogen (secondary N) is 1. The number of anilines is 1. The van der Waals surface area contributed by atoms with Crippen LogP contribution in [0, 0.1) is 11.8 Å². The number of amides is 2. The largest absolute Gasteiger partial charge is 0.497 e. The highest BCUT2D eigenvalue weighted by Gasteiger charge is 2.36. The van der Waals surface area contributed by atoms with Crippen molar-refractivity contribution < 1.29 is 17.9 Å². The van der Waals surface area contributed by atoms with E-state index in [1.54, 1.807) is 43.5 Å². The number of carbonyl (C=O) groups excluding carboxylic acids is 1. The lowest BCUT2D eigenvalue weighted by Gasteiger charge is -2.29. The van der Waals surface area contributed by atoms with Gasteiger partial charge in [-0.3, -0.25) is 0 Å². The molecule has 0 aliphatic carbocycles. The zero-order valence-electron chi connectivity index (χ0n) is 16.8. The van der Waals surface area contributed by atoms with Gasteiger partial charge in [-0.05, 0) is 41.5 Å². The molecular formula is C24H20N2O4S. The van der Waals surface area contributed by atoms with Crippen molar-refractivity contribution in [2.45, 2.75) is 17.9 Å². The summed E-state index contributed by atoms with van der Waals surface area (Å²) in [5.41, 5.74) is 2.53. The first-order chi connectivity index (χ1) is 15.0. The van der Waals surface area contributed by atoms with Gasteiger partial charge in [-0.1, -0.05) is 54.3 Å². The fourth-order valence-corrected chi connectivity index (χ4v) is 4.75. The first kappa shape index (κ1) is 20.5. The molecule has 1 aliphatic rings. The second-order valence-electron chi connectivity index (χ2n) is 6.97. The van der Waals surface area contributed by atoms with Gasteiger partial charge in [-0.25, -0.2) is 17.5 Å². The fourth-order valence-electron chi connectivity index (χ4n) is 3.26. The van der Waals surface area contributed by atoms with Gasteiger partial charge < -0.3 is 10.1 Å². The minimum absolute atomic E-state index is 0.0382. The third-order valence-corrected chi connectivity index (χ3v) is 6.61. The summed E-state index contributed by atoms with van der Waals surface area (Å²) in [5.74, 6) is 6.83. The van der Waals surface area contributed by atoms with E-state index in [1.165, 1.54) is 6.07 Å². The van der Waals surface area contributed by atoms with E-state index in [9.17, 15) is 13.2 Å². The maximum absolute atomic E-state index is 13.1. The molecule has 0 unspecified atom stereocenters. The molecule has 0 fully saturated rings. The summed E-state index contributed by atoms with van der Waals surface area (Å²) in [4.78, 5) is 12.5. The number of fused-ring (bicyclic) bond motifs is 1. The maximum Gasteiger partial charge on any atom is 0.336 e. The number of ether oxygens (including phenoxy) is 1. The molecule has 0 saturated carbocycles. The lowest BCUT2D eigenvalue weighted by molar-refractivity contribution is 0.233. The number of methoxy groups -OCH3 is 1. The first-order valence-electron chi connectivity index (χ1n) is 9.61. The highest BCUT2D eigenvalue weighted by molar-refractivity contribution is 7.90. The Morgan fingerprint density at radius 3 is 2.52 bits per heavy atom. The average Bonchev–Trinajstić information content (AvgIpc) is 2.78. The van der Waals surface area contributed by atoms with Crippen molar-refractivity contribution in [2.75, 3.05) is 12.4 Å². The van der Waals surface area contributed by atoms with E-state index in [1.807, 2.05) is 30.3 Å². The van der Waals surface area contributed by atoms with Gasteiger partial charge in [0.25, 0.3) is 10.0 Å². The van der Waals surface area contributed by atoms with Gasteiger partial charge in [0.2, 0.25) is 0 Å². The molecule has 1 heterocycles. The van der Waals surface area contributed by atoms with Crippen LogP contribution >= 0.6 is 0 Å². The fraction of sp³-hybridized carbons (Fsp3) is 0.125. The predicted molar refractivity (Wildman–Crippen MR) is 118 cm³/mol. The summed E-state index contributed by atoms with van der Waals surface area (Å²) in [6.07, 6.45) is 0.498. The Labute approximate surface area is 181 Å². The van der Waals surface area contributed by atoms with Crippen molar-refractivity contribution in [3.63, 3.8) is 0 Å². The molecule has 4 rings (SSSR count). The third-order valence-electron chi connectivity index (χ3n) is 4.85. The number of rotatable bonds is 4. The van der Waals surface area contributed by atoms with Crippen LogP contribution in [0.4, 0.5) is 10.5 Å². The molecule has 7 heteroatoms. The summed E-state index contributed by atoms with van der Waals surface area (Å²) in [6.45, 7) is -0.0415. The molecule has 156 valence electrons. The number of nitrogens with zero attached hydrogens (tertiary/aromatic N) is 1. The highest BCUT2D eigenvalue weighted by atomic mass is 32.2. The van der Waals surface area contributed by atoms with Gasteiger partial charge in [0.15, 0.2) is 0 Å². The number of hydrogen-bond acceptors (Lipinski definition) is 4. The van der Waals surface area contributed by atoms with E-state index < -0.39 is 16.1 Å². The SMILES string of the molecule is COc1cccc(CC#Cc2ccc3c(c2)S(=O)(=O)N(Cc2ccccc2)C(=O)N3)c1. The Hall–Kier alpha value is -3.76. The number of urea groups is 1. The predicted octanol–water partition coefficient (Wildman–Crippen LogP) is 4.03. The van der Waals surface area contributed by atoms with Gasteiger partial charge >= 0.3 is 6.03 Å². The first-order valence-corrected chi connectivity index (χ1v) is 11.0. The quantitative estimate of drug-likeness (QED) is 0.632. The van der Waals surface area contributed by atoms with E-state index >= 15 is 0 Å². The molecule has 0 saturated heterocycles. The summed E-state index contributed by atoms with van der Waals surface area (Å²) in [6, 6.07) is 20.7. The topological polar surface area (TPSA) is 75.7 Å². The zero-order chi connectivity index (χ0) is 21.8. The summed E-state index contributed by atoms with van der Waals surface area (Å²) in [5, 5.41) is 2.65. The molecule has 1 aliphatic heterocycles. The normalized spacial score (nSPS) is 14.1. The summed E-state index contributed by atoms with van der Waals surface area (Å²) < 4.78 is 32.3. The van der Waals surface area contributed by atoms with E-state index in [-0.39, 0.29) is 17.1 Å². The van der Waals surface area contributed by atoms with Crippen LogP contribution < -0.4 is 10.1 Å². The van der Waals surface area contributed by atoms with Crippen molar-refractivity contribution in [1.82, 2.24) is 4.31 Å². The molecule has 31 heavy (non-hydrogen) atoms. The van der Waals surface area contributed by atoms with Crippen LogP contribution in [0.3, 0.4) is 0 Å². The summed E-state index contributed by atoms with van der Waals surface area (Å²) >= 11 is 0. The van der Waals surface area contributed by atoms with Gasteiger partial charge in [0, 0.05) is 12.0 Å². The summed E-state index contributed by atoms with van der Waals surface area (Å²) in [7, 11) is -2.39. The monoisotopic (exact) mass is 432 g/mol. The Kier molecular flexibility index (Phi) is 5.65. The molecule has 3 aromatic carbocycles. The van der Waals surface area contributed by atoms with Crippen molar-refractivity contribution in [1.29, 1.82) is 0 Å². The Bertz CT molecular complexity index is 1290. The molecule has 1 N–H and O–H groups in total. The number of carbonyl (C=O) groups is 1. The molecule has 0 aromatic heterocycles. The minimum Gasteiger partial charge on any atom is -0.497 e. The molecule has 3 aromatic rings. The maximum atomic E-state index is 13.1. The highest BCUT2D eigenvalue weighted by Crippen LogP contribution is 2.31. The lowest BCUT2D eigenvalue weighted by atomic mass is 10.1. The second-order valence-corrected chi connectivity index (χ2v) is 8.80. The standard InChI is InChI=1S/C24H20N2O4S/c1-30-21-12-6-11-18(15-21)9-5-10-19-13-14-22-23(16-19)31(28,29)26(24(27)25-22)17-20-7-3-2-4-8-20/h2-4,6-8,11-16H,9,17H2,1H3,(H,25,27). The van der Waals surface area contributed by atoms with Crippen LogP contribution in [-0.4, -0.2) is 25.9 Å². The van der Waals surface area contributed by atoms with Gasteiger partial charge in [-0.2, -0.15) is 0 Å². The minimum atomic E-state index is -4.00. The number of benzene rings is 3. The van der Waals surface area contributed by atoms with Crippen LogP contribution in [0.15, 0.2) is 77.7 Å². The van der Waals surface area contributed by atoms with E-state index in [0.29, 0.717) is 12.0 Å². The Balaban J connectivity index is 1.59. The molecule has 6 nitrogen and oxygen atoms in total. The van der Waals surface area contributed by atoms with Gasteiger partial charge in [-0.15, -0.1) is 0 Å². The molecule has 0 radical (unpaired) electrons. The van der Waals surface area contributed by atoms with Crippen LogP contribution in [0.2, 0.25) is 0 Å². The number of hydrogen-bond donors (Lipinski definition) is 1. The Morgan fingerprint density at radius 1 is 0.968 bits per heavy atom. The van der Waals surface area contributed by atoms with Crippen LogP contribution in [0.1, 0.15) is 16.7 Å². The average molecular weight is 433 g/mol. The Morgan fingerprint density at radius 2 is 1.74 bits per heavy atom. The van der Waals surface area contributed by atoms with Crippen LogP contribution in [0.25, 0.3) is 0 Å². The number of sulfonamides is 1. The molecule has 0 spiro atoms. The van der Waals surface area contributed by atoms with Crippen molar-refractivity contribution in [3.05, 3.63) is 89.5 Å². The lowest BCUT2D eigenvalue weighted by Crippen LogP contribution is -2.43. The van der Waals surface area contributed by atoms with Crippen molar-refractivity contribution in [2.24, 2.45) is 0 Å². The molecule has 0 atom stereocenters. The van der Waals surface area contributed by atoms with Gasteiger partial charge in [0.05, 0.1) is 19.3 Å². The van der Waals surface area contributed by atoms with E-state index in [2.05, 4.69) is 17.2 Å². The van der Waals surface area contributed by atoms with Crippen LogP contribution in [-0.2, 0) is 23.0 Å². The second kappa shape index (κ2) is 8.54. The smallest absolute Gasteiger partial charge is 0.336 e. The molecule has 0 bridgehead atoms. The zero-order valence-corrected chi connectivity index (χ0v) is 17.6. The molecule has 2 amide bonds. The van der Waals surface area contributed by atoms with Crippen molar-refractivity contribution in [3.8, 4) is 17.6 Å². The van der Waals surface area contributed by atoms with E-state index in [0.717, 1.165) is 21.2 Å². The third kappa shape index (κ3) is 4.39.